The largest absolute Gasteiger partial charge is 0.497 e. The minimum atomic E-state index is -0.545. The van der Waals surface area contributed by atoms with E-state index >= 15 is 0 Å². The van der Waals surface area contributed by atoms with Crippen molar-refractivity contribution in [2.24, 2.45) is 0 Å². The number of aromatic nitrogens is 1. The van der Waals surface area contributed by atoms with Crippen LogP contribution in [0.25, 0.3) is 6.08 Å². The van der Waals surface area contributed by atoms with Gasteiger partial charge in [0.2, 0.25) is 5.95 Å². The van der Waals surface area contributed by atoms with Crippen molar-refractivity contribution in [1.29, 1.82) is 0 Å². The van der Waals surface area contributed by atoms with Gasteiger partial charge in [0.05, 0.1) is 16.9 Å². The Kier molecular flexibility index (Phi) is 3.07. The van der Waals surface area contributed by atoms with Gasteiger partial charge in [0.25, 0.3) is 0 Å². The normalized spacial score (nSPS) is 21.1. The molecule has 1 saturated heterocycles. The highest BCUT2D eigenvalue weighted by Crippen LogP contribution is 2.36. The van der Waals surface area contributed by atoms with Crippen molar-refractivity contribution < 1.29 is 13.7 Å². The molecule has 0 amide bonds. The molecule has 0 unspecified atom stereocenters. The second-order valence-electron chi connectivity index (χ2n) is 5.40. The number of nitrogens with zero attached hydrogens (tertiary/aromatic N) is 1. The predicted molar refractivity (Wildman–Crippen MR) is 70.0 cm³/mol. The van der Waals surface area contributed by atoms with Gasteiger partial charge in [-0.25, -0.2) is 4.98 Å². The molecule has 0 saturated carbocycles. The third-order valence-electron chi connectivity index (χ3n) is 3.62. The summed E-state index contributed by atoms with van der Waals surface area (Å²) in [5.74, 6) is -0.537. The molecule has 0 atom stereocenters. The van der Waals surface area contributed by atoms with E-state index in [9.17, 15) is 4.39 Å². The third-order valence-corrected chi connectivity index (χ3v) is 3.62. The maximum absolute atomic E-state index is 13.1. The Morgan fingerprint density at radius 1 is 1.22 bits per heavy atom. The second-order valence-corrected chi connectivity index (χ2v) is 5.40. The molecule has 0 aliphatic carbocycles. The van der Waals surface area contributed by atoms with Crippen LogP contribution in [0.4, 0.5) is 4.39 Å². The fraction of sp³-hybridized carbons (Fsp3) is 0.462. The molecular weight excluding hydrogens is 232 g/mol. The van der Waals surface area contributed by atoms with Gasteiger partial charge in [0, 0.05) is 5.46 Å². The van der Waals surface area contributed by atoms with E-state index in [0.29, 0.717) is 11.2 Å². The molecule has 1 aliphatic heterocycles. The van der Waals surface area contributed by atoms with Crippen LogP contribution in [0.3, 0.4) is 0 Å². The average molecular weight is 249 g/mol. The van der Waals surface area contributed by atoms with E-state index < -0.39 is 24.3 Å². The van der Waals surface area contributed by atoms with Gasteiger partial charge in [0.15, 0.2) is 0 Å². The molecular formula is C13H17BFNO2. The molecule has 5 heteroatoms. The molecule has 1 fully saturated rings. The molecule has 2 rings (SSSR count). The number of hydrogen-bond donors (Lipinski definition) is 0. The summed E-state index contributed by atoms with van der Waals surface area (Å²) in [5, 5.41) is 0. The topological polar surface area (TPSA) is 31.4 Å². The Labute approximate surface area is 107 Å². The van der Waals surface area contributed by atoms with E-state index in [1.165, 1.54) is 12.1 Å². The van der Waals surface area contributed by atoms with Crippen LogP contribution >= 0.6 is 0 Å². The summed E-state index contributed by atoms with van der Waals surface area (Å²) in [7, 11) is -0.545. The maximum atomic E-state index is 13.1. The SMILES string of the molecule is C=Cc1nc(F)ccc1B1OC(C)(C)C(C)(C)O1. The van der Waals surface area contributed by atoms with Crippen LogP contribution < -0.4 is 5.46 Å². The lowest BCUT2D eigenvalue weighted by Crippen LogP contribution is -2.41. The second kappa shape index (κ2) is 4.18. The summed E-state index contributed by atoms with van der Waals surface area (Å²) in [4.78, 5) is 3.79. The van der Waals surface area contributed by atoms with Crippen LogP contribution in [0.15, 0.2) is 18.7 Å². The lowest BCUT2D eigenvalue weighted by molar-refractivity contribution is 0.00578. The number of halogens is 1. The molecule has 0 bridgehead atoms. The van der Waals surface area contributed by atoms with Crippen molar-refractivity contribution in [3.05, 3.63) is 30.4 Å². The molecule has 96 valence electrons. The van der Waals surface area contributed by atoms with Gasteiger partial charge < -0.3 is 9.31 Å². The van der Waals surface area contributed by atoms with Crippen LogP contribution in [0.1, 0.15) is 33.4 Å². The van der Waals surface area contributed by atoms with E-state index in [0.717, 1.165) is 0 Å². The molecule has 2 heterocycles. The van der Waals surface area contributed by atoms with E-state index in [1.54, 1.807) is 6.07 Å². The maximum Gasteiger partial charge on any atom is 0.497 e. The van der Waals surface area contributed by atoms with Gasteiger partial charge >= 0.3 is 7.12 Å². The summed E-state index contributed by atoms with van der Waals surface area (Å²) < 4.78 is 24.9. The standard InChI is InChI=1S/C13H17BFNO2/c1-6-10-9(7-8-11(15)16-10)14-17-12(2,3)13(4,5)18-14/h6-8H,1H2,2-5H3. The van der Waals surface area contributed by atoms with Crippen LogP contribution in [0, 0.1) is 5.95 Å². The molecule has 0 N–H and O–H groups in total. The van der Waals surface area contributed by atoms with Crippen molar-refractivity contribution in [2.75, 3.05) is 0 Å². The molecule has 1 aromatic heterocycles. The van der Waals surface area contributed by atoms with Crippen molar-refractivity contribution >= 4 is 18.7 Å². The first-order valence-electron chi connectivity index (χ1n) is 5.91. The highest BCUT2D eigenvalue weighted by molar-refractivity contribution is 6.62. The Bertz CT molecular complexity index is 472. The zero-order valence-corrected chi connectivity index (χ0v) is 11.2. The van der Waals surface area contributed by atoms with Crippen molar-refractivity contribution in [1.82, 2.24) is 4.98 Å². The first-order chi connectivity index (χ1) is 8.27. The lowest BCUT2D eigenvalue weighted by atomic mass is 9.78. The Morgan fingerprint density at radius 2 is 1.78 bits per heavy atom. The summed E-state index contributed by atoms with van der Waals surface area (Å²) in [6.07, 6.45) is 1.50. The molecule has 1 aliphatic rings. The average Bonchev–Trinajstić information content (AvgIpc) is 2.47. The predicted octanol–water partition coefficient (Wildman–Crippen LogP) is 2.16. The quantitative estimate of drug-likeness (QED) is 0.594. The van der Waals surface area contributed by atoms with Gasteiger partial charge in [-0.05, 0) is 39.8 Å². The highest BCUT2D eigenvalue weighted by atomic mass is 19.1. The summed E-state index contributed by atoms with van der Waals surface area (Å²) >= 11 is 0. The fourth-order valence-corrected chi connectivity index (χ4v) is 1.79. The van der Waals surface area contributed by atoms with E-state index in [-0.39, 0.29) is 0 Å². The Hall–Kier alpha value is -1.20. The van der Waals surface area contributed by atoms with Gasteiger partial charge in [-0.2, -0.15) is 4.39 Å². The van der Waals surface area contributed by atoms with Crippen LogP contribution in [-0.4, -0.2) is 23.3 Å². The van der Waals surface area contributed by atoms with E-state index in [1.807, 2.05) is 27.7 Å². The first-order valence-corrected chi connectivity index (χ1v) is 5.91. The minimum absolute atomic E-state index is 0.426. The molecule has 18 heavy (non-hydrogen) atoms. The van der Waals surface area contributed by atoms with E-state index in [4.69, 9.17) is 9.31 Å². The van der Waals surface area contributed by atoms with E-state index in [2.05, 4.69) is 11.6 Å². The lowest BCUT2D eigenvalue weighted by Gasteiger charge is -2.32. The zero-order valence-electron chi connectivity index (χ0n) is 11.2. The summed E-state index contributed by atoms with van der Waals surface area (Å²) in [5.41, 5.74) is 0.299. The van der Waals surface area contributed by atoms with Crippen molar-refractivity contribution in [3.63, 3.8) is 0 Å². The summed E-state index contributed by atoms with van der Waals surface area (Å²) in [6, 6.07) is 2.93. The number of pyridine rings is 1. The minimum Gasteiger partial charge on any atom is -0.399 e. The molecule has 3 nitrogen and oxygen atoms in total. The number of hydrogen-bond acceptors (Lipinski definition) is 3. The van der Waals surface area contributed by atoms with Gasteiger partial charge in [0.1, 0.15) is 0 Å². The number of rotatable bonds is 2. The van der Waals surface area contributed by atoms with Crippen LogP contribution in [0.2, 0.25) is 0 Å². The van der Waals surface area contributed by atoms with Gasteiger partial charge in [-0.3, -0.25) is 0 Å². The highest BCUT2D eigenvalue weighted by Gasteiger charge is 2.52. The fourth-order valence-electron chi connectivity index (χ4n) is 1.79. The van der Waals surface area contributed by atoms with Crippen molar-refractivity contribution in [3.8, 4) is 0 Å². The van der Waals surface area contributed by atoms with Crippen molar-refractivity contribution in [2.45, 2.75) is 38.9 Å². The Morgan fingerprint density at radius 3 is 2.28 bits per heavy atom. The van der Waals surface area contributed by atoms with Gasteiger partial charge in [-0.15, -0.1) is 0 Å². The third kappa shape index (κ3) is 2.08. The summed E-state index contributed by atoms with van der Waals surface area (Å²) in [6.45, 7) is 11.5. The molecule has 0 radical (unpaired) electrons. The molecule has 1 aromatic rings. The first kappa shape index (κ1) is 13.2. The molecule has 0 spiro atoms. The molecule has 0 aromatic carbocycles. The van der Waals surface area contributed by atoms with Gasteiger partial charge in [-0.1, -0.05) is 12.6 Å². The van der Waals surface area contributed by atoms with Crippen LogP contribution in [0.5, 0.6) is 0 Å². The zero-order chi connectivity index (χ0) is 13.6. The van der Waals surface area contributed by atoms with Crippen LogP contribution in [-0.2, 0) is 9.31 Å². The Balaban J connectivity index is 2.38. The smallest absolute Gasteiger partial charge is 0.399 e. The monoisotopic (exact) mass is 249 g/mol.